The average molecular weight is 392 g/mol. The van der Waals surface area contributed by atoms with Crippen molar-refractivity contribution in [3.63, 3.8) is 0 Å². The zero-order valence-electron chi connectivity index (χ0n) is 15.5. The quantitative estimate of drug-likeness (QED) is 0.727. The van der Waals surface area contributed by atoms with Gasteiger partial charge in [-0.15, -0.1) is 0 Å². The van der Waals surface area contributed by atoms with Gasteiger partial charge in [-0.2, -0.15) is 0 Å². The lowest BCUT2D eigenvalue weighted by Gasteiger charge is -2.18. The second kappa shape index (κ2) is 7.83. The van der Waals surface area contributed by atoms with E-state index in [1.807, 2.05) is 0 Å². The maximum absolute atomic E-state index is 13.8. The summed E-state index contributed by atoms with van der Waals surface area (Å²) in [7, 11) is 0. The Hall–Kier alpha value is -3.54. The van der Waals surface area contributed by atoms with E-state index in [-0.39, 0.29) is 24.2 Å². The van der Waals surface area contributed by atoms with Gasteiger partial charge in [0.15, 0.2) is 0 Å². The summed E-state index contributed by atoms with van der Waals surface area (Å²) in [5.74, 6) is -1.34. The maximum atomic E-state index is 13.8. The largest absolute Gasteiger partial charge is 0.348 e. The topological polar surface area (TPSA) is 49.4 Å². The molecule has 0 saturated carbocycles. The van der Waals surface area contributed by atoms with Crippen LogP contribution in [0, 0.1) is 11.6 Å². The first-order valence-corrected chi connectivity index (χ1v) is 9.25. The number of halogens is 2. The molecule has 1 aliphatic heterocycles. The van der Waals surface area contributed by atoms with Gasteiger partial charge in [0, 0.05) is 35.5 Å². The van der Waals surface area contributed by atoms with Gasteiger partial charge in [-0.1, -0.05) is 24.3 Å². The van der Waals surface area contributed by atoms with E-state index >= 15 is 0 Å². The molecule has 0 aromatic heterocycles. The van der Waals surface area contributed by atoms with Gasteiger partial charge in [0.05, 0.1) is 0 Å². The van der Waals surface area contributed by atoms with Crippen LogP contribution < -0.4 is 10.2 Å². The molecule has 0 atom stereocenters. The summed E-state index contributed by atoms with van der Waals surface area (Å²) in [6, 6.07) is 16.9. The van der Waals surface area contributed by atoms with E-state index in [1.54, 1.807) is 41.3 Å². The normalized spacial score (nSPS) is 12.6. The van der Waals surface area contributed by atoms with Crippen molar-refractivity contribution >= 4 is 17.5 Å². The average Bonchev–Trinajstić information content (AvgIpc) is 3.17. The summed E-state index contributed by atoms with van der Waals surface area (Å²) < 4.78 is 26.9. The predicted molar refractivity (Wildman–Crippen MR) is 106 cm³/mol. The summed E-state index contributed by atoms with van der Waals surface area (Å²) in [6.07, 6.45) is 0.533. The van der Waals surface area contributed by atoms with Gasteiger partial charge < -0.3 is 10.2 Å². The van der Waals surface area contributed by atoms with Gasteiger partial charge in [-0.25, -0.2) is 8.78 Å². The molecule has 0 aliphatic carbocycles. The van der Waals surface area contributed by atoms with Crippen LogP contribution in [0.15, 0.2) is 66.7 Å². The first-order valence-electron chi connectivity index (χ1n) is 9.25. The van der Waals surface area contributed by atoms with Crippen LogP contribution in [0.5, 0.6) is 0 Å². The predicted octanol–water partition coefficient (Wildman–Crippen LogP) is 4.10. The number of rotatable bonds is 4. The number of amides is 2. The molecule has 1 aliphatic rings. The van der Waals surface area contributed by atoms with Crippen LogP contribution in [0.2, 0.25) is 0 Å². The number of benzene rings is 3. The Kier molecular flexibility index (Phi) is 5.08. The Morgan fingerprint density at radius 1 is 0.931 bits per heavy atom. The summed E-state index contributed by atoms with van der Waals surface area (Å²) in [4.78, 5) is 27.1. The molecule has 2 amide bonds. The highest BCUT2D eigenvalue weighted by Crippen LogP contribution is 2.32. The minimum atomic E-state index is -0.405. The van der Waals surface area contributed by atoms with E-state index in [4.69, 9.17) is 0 Å². The zero-order valence-corrected chi connectivity index (χ0v) is 15.5. The molecule has 0 spiro atoms. The first kappa shape index (κ1) is 18.8. The van der Waals surface area contributed by atoms with Crippen LogP contribution in [-0.2, 0) is 13.0 Å². The van der Waals surface area contributed by atoms with E-state index in [9.17, 15) is 18.4 Å². The molecular weight excluding hydrogens is 374 g/mol. The number of carbonyl (C=O) groups is 2. The lowest BCUT2D eigenvalue weighted by atomic mass is 10.0. The summed E-state index contributed by atoms with van der Waals surface area (Å²) in [6.45, 7) is 0.510. The molecule has 146 valence electrons. The van der Waals surface area contributed by atoms with Crippen LogP contribution in [0.4, 0.5) is 14.5 Å². The highest BCUT2D eigenvalue weighted by molar-refractivity contribution is 6.08. The molecule has 3 aromatic carbocycles. The second-order valence-electron chi connectivity index (χ2n) is 6.79. The Morgan fingerprint density at radius 2 is 1.69 bits per heavy atom. The van der Waals surface area contributed by atoms with Crippen molar-refractivity contribution in [3.05, 3.63) is 101 Å². The smallest absolute Gasteiger partial charge is 0.258 e. The second-order valence-corrected chi connectivity index (χ2v) is 6.79. The number of hydrogen-bond acceptors (Lipinski definition) is 2. The number of nitrogens with one attached hydrogen (secondary N) is 1. The highest BCUT2D eigenvalue weighted by Gasteiger charge is 2.28. The monoisotopic (exact) mass is 392 g/mol. The van der Waals surface area contributed by atoms with Crippen molar-refractivity contribution in [1.82, 2.24) is 5.32 Å². The van der Waals surface area contributed by atoms with E-state index in [1.165, 1.54) is 30.3 Å². The van der Waals surface area contributed by atoms with Crippen LogP contribution in [-0.4, -0.2) is 18.4 Å². The third kappa shape index (κ3) is 3.74. The fraction of sp³-hybridized carbons (Fsp3) is 0.130. The summed E-state index contributed by atoms with van der Waals surface area (Å²) >= 11 is 0. The van der Waals surface area contributed by atoms with E-state index < -0.39 is 5.82 Å². The SMILES string of the molecule is O=C(NCc1ccccc1F)c1cccc2c1CCN2C(=O)c1ccc(F)cc1. The molecule has 6 heteroatoms. The number of nitrogens with zero attached hydrogens (tertiary/aromatic N) is 1. The Bertz CT molecular complexity index is 1080. The van der Waals surface area contributed by atoms with Crippen LogP contribution in [0.3, 0.4) is 0 Å². The summed E-state index contributed by atoms with van der Waals surface area (Å²) in [5.41, 5.74) is 2.69. The molecule has 0 fully saturated rings. The number of fused-ring (bicyclic) bond motifs is 1. The number of anilines is 1. The molecule has 0 radical (unpaired) electrons. The molecule has 29 heavy (non-hydrogen) atoms. The van der Waals surface area contributed by atoms with Crippen molar-refractivity contribution in [2.75, 3.05) is 11.4 Å². The first-order chi connectivity index (χ1) is 14.0. The lowest BCUT2D eigenvalue weighted by molar-refractivity contribution is 0.0948. The highest BCUT2D eigenvalue weighted by atomic mass is 19.1. The van der Waals surface area contributed by atoms with Crippen molar-refractivity contribution in [2.24, 2.45) is 0 Å². The standard InChI is InChI=1S/C23H18F2N2O2/c24-17-10-8-15(9-11-17)23(29)27-13-12-18-19(5-3-7-21(18)27)22(28)26-14-16-4-1-2-6-20(16)25/h1-11H,12-14H2,(H,26,28). The minimum absolute atomic E-state index is 0.0768. The molecule has 0 saturated heterocycles. The Morgan fingerprint density at radius 3 is 2.45 bits per heavy atom. The summed E-state index contributed by atoms with van der Waals surface area (Å²) in [5, 5.41) is 2.74. The van der Waals surface area contributed by atoms with E-state index in [2.05, 4.69) is 5.32 Å². The van der Waals surface area contributed by atoms with Gasteiger partial charge >= 0.3 is 0 Å². The van der Waals surface area contributed by atoms with E-state index in [0.29, 0.717) is 35.3 Å². The molecule has 1 N–H and O–H groups in total. The van der Waals surface area contributed by atoms with Gasteiger partial charge in [0.2, 0.25) is 0 Å². The Labute approximate surface area is 166 Å². The van der Waals surface area contributed by atoms with Gasteiger partial charge in [-0.3, -0.25) is 9.59 Å². The maximum Gasteiger partial charge on any atom is 0.258 e. The van der Waals surface area contributed by atoms with Crippen LogP contribution >= 0.6 is 0 Å². The zero-order chi connectivity index (χ0) is 20.4. The molecule has 0 unspecified atom stereocenters. The third-order valence-electron chi connectivity index (χ3n) is 5.01. The molecule has 3 aromatic rings. The fourth-order valence-corrected chi connectivity index (χ4v) is 3.52. The molecule has 1 heterocycles. The van der Waals surface area contributed by atoms with Crippen molar-refractivity contribution in [3.8, 4) is 0 Å². The van der Waals surface area contributed by atoms with Crippen LogP contribution in [0.1, 0.15) is 31.8 Å². The van der Waals surface area contributed by atoms with Gasteiger partial charge in [0.25, 0.3) is 11.8 Å². The third-order valence-corrected chi connectivity index (χ3v) is 5.01. The van der Waals surface area contributed by atoms with Crippen molar-refractivity contribution < 1.29 is 18.4 Å². The fourth-order valence-electron chi connectivity index (χ4n) is 3.52. The van der Waals surface area contributed by atoms with Crippen molar-refractivity contribution in [2.45, 2.75) is 13.0 Å². The van der Waals surface area contributed by atoms with Crippen LogP contribution in [0.25, 0.3) is 0 Å². The van der Waals surface area contributed by atoms with E-state index in [0.717, 1.165) is 5.56 Å². The number of carbonyl (C=O) groups excluding carboxylic acids is 2. The minimum Gasteiger partial charge on any atom is -0.348 e. The molecule has 0 bridgehead atoms. The van der Waals surface area contributed by atoms with Gasteiger partial charge in [0.1, 0.15) is 11.6 Å². The molecular formula is C23H18F2N2O2. The molecule has 4 rings (SSSR count). The van der Waals surface area contributed by atoms with Gasteiger partial charge in [-0.05, 0) is 54.4 Å². The Balaban J connectivity index is 1.54. The molecule has 4 nitrogen and oxygen atoms in total. The number of hydrogen-bond donors (Lipinski definition) is 1. The van der Waals surface area contributed by atoms with Crippen molar-refractivity contribution in [1.29, 1.82) is 0 Å². The lowest BCUT2D eigenvalue weighted by Crippen LogP contribution is -2.28.